The first kappa shape index (κ1) is 24.8. The van der Waals surface area contributed by atoms with Gasteiger partial charge in [0, 0.05) is 24.3 Å². The average Bonchev–Trinajstić information content (AvgIpc) is 2.78. The molecule has 0 aliphatic carbocycles. The van der Waals surface area contributed by atoms with Crippen LogP contribution < -0.4 is 4.57 Å². The Morgan fingerprint density at radius 3 is 1.37 bits per heavy atom. The van der Waals surface area contributed by atoms with E-state index < -0.39 is 48.5 Å². The van der Waals surface area contributed by atoms with Crippen LogP contribution in [0, 0.1) is 40.5 Å². The summed E-state index contributed by atoms with van der Waals surface area (Å²) < 4.78 is 1.48. The van der Waals surface area contributed by atoms with E-state index in [0.29, 0.717) is 0 Å². The Morgan fingerprint density at radius 1 is 0.657 bits per heavy atom. The van der Waals surface area contributed by atoms with Gasteiger partial charge in [-0.2, -0.15) is 4.57 Å². The molecule has 0 N–H and O–H groups in total. The number of aromatic nitrogens is 1. The zero-order chi connectivity index (χ0) is 26.1. The van der Waals surface area contributed by atoms with E-state index in [1.807, 2.05) is 20.8 Å². The Hall–Kier alpha value is -4.81. The SMILES string of the molecule is CC(C)(C)c1cc[n+](C(c2ccc([N+](=O)[O-])cc2[N+](=O)[O-])c2ccc([N+](=O)[O-])cc2[N+](=O)[O-])cc1. The number of nitro benzene ring substituents is 4. The Labute approximate surface area is 197 Å². The number of hydrogen-bond donors (Lipinski definition) is 0. The highest BCUT2D eigenvalue weighted by atomic mass is 16.6. The zero-order valence-electron chi connectivity index (χ0n) is 18.9. The van der Waals surface area contributed by atoms with Crippen LogP contribution in [-0.4, -0.2) is 19.7 Å². The Kier molecular flexibility index (Phi) is 6.53. The molecule has 0 bridgehead atoms. The first-order valence-electron chi connectivity index (χ1n) is 10.2. The summed E-state index contributed by atoms with van der Waals surface area (Å²) >= 11 is 0. The smallest absolute Gasteiger partial charge is 0.258 e. The van der Waals surface area contributed by atoms with Crippen LogP contribution in [0.3, 0.4) is 0 Å². The van der Waals surface area contributed by atoms with Gasteiger partial charge in [-0.3, -0.25) is 40.5 Å². The first-order valence-corrected chi connectivity index (χ1v) is 10.2. The minimum Gasteiger partial charge on any atom is -0.258 e. The number of hydrogen-bond acceptors (Lipinski definition) is 8. The summed E-state index contributed by atoms with van der Waals surface area (Å²) in [4.78, 5) is 42.9. The minimum atomic E-state index is -1.19. The van der Waals surface area contributed by atoms with E-state index in [1.54, 1.807) is 24.5 Å². The van der Waals surface area contributed by atoms with Gasteiger partial charge in [-0.05, 0) is 23.1 Å². The third-order valence-electron chi connectivity index (χ3n) is 5.45. The van der Waals surface area contributed by atoms with Gasteiger partial charge in [0.2, 0.25) is 6.04 Å². The van der Waals surface area contributed by atoms with E-state index in [0.717, 1.165) is 42.0 Å². The standard InChI is InChI=1S/C22H20N5O8/c1-22(2,3)14-8-10-23(11-9-14)21(17-6-4-15(24(28)29)12-19(17)26(32)33)18-7-5-16(25(30)31)13-20(18)27(34)35/h4-13,21H,1-3H3/q+1. The second-order valence-electron chi connectivity index (χ2n) is 8.70. The molecule has 0 saturated heterocycles. The summed E-state index contributed by atoms with van der Waals surface area (Å²) in [6.45, 7) is 5.94. The summed E-state index contributed by atoms with van der Waals surface area (Å²) in [5.41, 5.74) is -1.72. The van der Waals surface area contributed by atoms with Gasteiger partial charge in [-0.25, -0.2) is 0 Å². The number of non-ortho nitro benzene ring substituents is 2. The Bertz CT molecular complexity index is 1270. The lowest BCUT2D eigenvalue weighted by Gasteiger charge is -2.19. The largest absolute Gasteiger partial charge is 0.286 e. The maximum absolute atomic E-state index is 11.9. The van der Waals surface area contributed by atoms with Gasteiger partial charge in [0.15, 0.2) is 12.4 Å². The molecule has 3 aromatic rings. The predicted molar refractivity (Wildman–Crippen MR) is 122 cm³/mol. The molecule has 1 heterocycles. The number of pyridine rings is 1. The van der Waals surface area contributed by atoms with Crippen LogP contribution in [0.4, 0.5) is 22.7 Å². The van der Waals surface area contributed by atoms with Crippen molar-refractivity contribution in [1.82, 2.24) is 0 Å². The van der Waals surface area contributed by atoms with E-state index in [9.17, 15) is 40.5 Å². The predicted octanol–water partition coefficient (Wildman–Crippen LogP) is 4.54. The maximum Gasteiger partial charge on any atom is 0.286 e. The molecule has 0 aliphatic heterocycles. The minimum absolute atomic E-state index is 0.0638. The monoisotopic (exact) mass is 482 g/mol. The van der Waals surface area contributed by atoms with Gasteiger partial charge in [-0.15, -0.1) is 0 Å². The van der Waals surface area contributed by atoms with Crippen LogP contribution in [0.25, 0.3) is 0 Å². The quantitative estimate of drug-likeness (QED) is 0.267. The molecular weight excluding hydrogens is 462 g/mol. The third-order valence-corrected chi connectivity index (χ3v) is 5.45. The number of benzene rings is 2. The van der Waals surface area contributed by atoms with Gasteiger partial charge >= 0.3 is 0 Å². The third kappa shape index (κ3) is 5.08. The van der Waals surface area contributed by atoms with Gasteiger partial charge in [0.05, 0.1) is 31.8 Å². The highest BCUT2D eigenvalue weighted by molar-refractivity contribution is 5.57. The molecule has 180 valence electrons. The van der Waals surface area contributed by atoms with Crippen molar-refractivity contribution < 1.29 is 24.3 Å². The molecule has 2 aromatic carbocycles. The summed E-state index contributed by atoms with van der Waals surface area (Å²) in [5.74, 6) is 0. The Morgan fingerprint density at radius 2 is 1.06 bits per heavy atom. The van der Waals surface area contributed by atoms with Crippen molar-refractivity contribution in [3.8, 4) is 0 Å². The van der Waals surface area contributed by atoms with Crippen molar-refractivity contribution in [3.63, 3.8) is 0 Å². The molecule has 1 aromatic heterocycles. The van der Waals surface area contributed by atoms with E-state index in [-0.39, 0.29) is 16.5 Å². The van der Waals surface area contributed by atoms with Crippen LogP contribution in [0.1, 0.15) is 43.5 Å². The highest BCUT2D eigenvalue weighted by Crippen LogP contribution is 2.37. The van der Waals surface area contributed by atoms with E-state index in [1.165, 1.54) is 4.57 Å². The van der Waals surface area contributed by atoms with Gasteiger partial charge < -0.3 is 0 Å². The molecule has 0 atom stereocenters. The summed E-state index contributed by atoms with van der Waals surface area (Å²) in [5, 5.41) is 46.1. The lowest BCUT2D eigenvalue weighted by atomic mass is 9.87. The van der Waals surface area contributed by atoms with Crippen LogP contribution >= 0.6 is 0 Å². The molecule has 0 radical (unpaired) electrons. The van der Waals surface area contributed by atoms with Crippen molar-refractivity contribution in [2.45, 2.75) is 32.2 Å². The molecular formula is C22H20N5O8+. The summed E-state index contributed by atoms with van der Waals surface area (Å²) in [6.07, 6.45) is 3.17. The number of rotatable bonds is 7. The lowest BCUT2D eigenvalue weighted by Crippen LogP contribution is -2.41. The van der Waals surface area contributed by atoms with Crippen molar-refractivity contribution in [2.75, 3.05) is 0 Å². The molecule has 0 aliphatic rings. The van der Waals surface area contributed by atoms with Crippen molar-refractivity contribution in [2.24, 2.45) is 0 Å². The molecule has 0 spiro atoms. The molecule has 0 saturated carbocycles. The van der Waals surface area contributed by atoms with Crippen molar-refractivity contribution in [3.05, 3.63) is 118 Å². The summed E-state index contributed by atoms with van der Waals surface area (Å²) in [6, 6.07) is 8.34. The molecule has 0 unspecified atom stereocenters. The van der Waals surface area contributed by atoms with Gasteiger partial charge in [0.1, 0.15) is 11.1 Å². The molecule has 0 fully saturated rings. The number of nitrogens with zero attached hydrogens (tertiary/aromatic N) is 5. The van der Waals surface area contributed by atoms with Crippen LogP contribution in [0.2, 0.25) is 0 Å². The van der Waals surface area contributed by atoms with Crippen LogP contribution in [0.15, 0.2) is 60.9 Å². The maximum atomic E-state index is 11.9. The van der Waals surface area contributed by atoms with E-state index in [2.05, 4.69) is 0 Å². The molecule has 35 heavy (non-hydrogen) atoms. The average molecular weight is 482 g/mol. The molecule has 0 amide bonds. The Balaban J connectivity index is 2.36. The van der Waals surface area contributed by atoms with Gasteiger partial charge in [-0.1, -0.05) is 20.8 Å². The highest BCUT2D eigenvalue weighted by Gasteiger charge is 2.38. The van der Waals surface area contributed by atoms with Crippen LogP contribution in [-0.2, 0) is 5.41 Å². The fourth-order valence-corrected chi connectivity index (χ4v) is 3.67. The molecule has 13 nitrogen and oxygen atoms in total. The van der Waals surface area contributed by atoms with Crippen molar-refractivity contribution >= 4 is 22.7 Å². The second kappa shape index (κ2) is 9.21. The summed E-state index contributed by atoms with van der Waals surface area (Å²) in [7, 11) is 0. The zero-order valence-corrected chi connectivity index (χ0v) is 18.9. The van der Waals surface area contributed by atoms with Crippen LogP contribution in [0.5, 0.6) is 0 Å². The fourth-order valence-electron chi connectivity index (χ4n) is 3.67. The van der Waals surface area contributed by atoms with Gasteiger partial charge in [0.25, 0.3) is 22.7 Å². The van der Waals surface area contributed by atoms with E-state index in [4.69, 9.17) is 0 Å². The molecule has 3 rings (SSSR count). The fraction of sp³-hybridized carbons (Fsp3) is 0.227. The first-order chi connectivity index (χ1) is 16.3. The van der Waals surface area contributed by atoms with E-state index >= 15 is 0 Å². The molecule has 13 heteroatoms. The topological polar surface area (TPSA) is 176 Å². The normalized spacial score (nSPS) is 11.3. The lowest BCUT2D eigenvalue weighted by molar-refractivity contribution is -0.705. The second-order valence-corrected chi connectivity index (χ2v) is 8.70. The number of nitro groups is 4. The van der Waals surface area contributed by atoms with Crippen molar-refractivity contribution in [1.29, 1.82) is 0 Å².